The summed E-state index contributed by atoms with van der Waals surface area (Å²) in [5.41, 5.74) is 0. The molecule has 0 unspecified atom stereocenters. The van der Waals surface area contributed by atoms with Crippen molar-refractivity contribution in [3.8, 4) is 0 Å². The molecule has 0 bridgehead atoms. The van der Waals surface area contributed by atoms with Crippen molar-refractivity contribution in [2.45, 2.75) is 25.9 Å². The minimum atomic E-state index is -0.257. The summed E-state index contributed by atoms with van der Waals surface area (Å²) in [5, 5.41) is 14.0. The van der Waals surface area contributed by atoms with Gasteiger partial charge in [0, 0.05) is 12.6 Å². The molecule has 0 aliphatic heterocycles. The first kappa shape index (κ1) is 11.6. The summed E-state index contributed by atoms with van der Waals surface area (Å²) >= 11 is 0. The average molecular weight is 212 g/mol. The van der Waals surface area contributed by atoms with Gasteiger partial charge < -0.3 is 20.2 Å². The Balaban J connectivity index is 2.19. The molecule has 5 nitrogen and oxygen atoms in total. The van der Waals surface area contributed by atoms with Gasteiger partial charge in [-0.3, -0.25) is 0 Å². The fraction of sp³-hybridized carbons (Fsp3) is 0.500. The molecule has 0 radical (unpaired) electrons. The summed E-state index contributed by atoms with van der Waals surface area (Å²) in [5.74, 6) is 0.708. The molecule has 84 valence electrons. The average Bonchev–Trinajstić information content (AvgIpc) is 2.67. The second-order valence-corrected chi connectivity index (χ2v) is 3.32. The zero-order chi connectivity index (χ0) is 11.1. The number of nitrogens with one attached hydrogen (secondary N) is 2. The van der Waals surface area contributed by atoms with E-state index in [0.29, 0.717) is 18.7 Å². The number of aliphatic hydroxyl groups excluding tert-OH is 1. The van der Waals surface area contributed by atoms with Gasteiger partial charge in [0.2, 0.25) is 0 Å². The van der Waals surface area contributed by atoms with Crippen LogP contribution in [0.15, 0.2) is 22.8 Å². The Kier molecular flexibility index (Phi) is 4.70. The molecule has 0 fully saturated rings. The predicted molar refractivity (Wildman–Crippen MR) is 55.2 cm³/mol. The fourth-order valence-electron chi connectivity index (χ4n) is 1.12. The van der Waals surface area contributed by atoms with Crippen LogP contribution in [0.2, 0.25) is 0 Å². The number of carbonyl (C=O) groups is 1. The van der Waals surface area contributed by atoms with Gasteiger partial charge in [-0.05, 0) is 25.5 Å². The maximum Gasteiger partial charge on any atom is 0.315 e. The van der Waals surface area contributed by atoms with Gasteiger partial charge in [0.15, 0.2) is 0 Å². The first-order valence-corrected chi connectivity index (χ1v) is 4.90. The zero-order valence-corrected chi connectivity index (χ0v) is 8.69. The Morgan fingerprint density at radius 2 is 2.47 bits per heavy atom. The van der Waals surface area contributed by atoms with Crippen LogP contribution in [0.5, 0.6) is 0 Å². The SMILES string of the molecule is C[C@H](CCO)NC(=O)NCc1ccco1. The van der Waals surface area contributed by atoms with E-state index in [1.54, 1.807) is 18.4 Å². The lowest BCUT2D eigenvalue weighted by Gasteiger charge is -2.12. The summed E-state index contributed by atoms with van der Waals surface area (Å²) in [6.45, 7) is 2.27. The molecular weight excluding hydrogens is 196 g/mol. The highest BCUT2D eigenvalue weighted by atomic mass is 16.3. The Hall–Kier alpha value is -1.49. The number of hydrogen-bond donors (Lipinski definition) is 3. The molecular formula is C10H16N2O3. The molecule has 3 N–H and O–H groups in total. The van der Waals surface area contributed by atoms with Crippen molar-refractivity contribution in [3.63, 3.8) is 0 Å². The molecule has 0 aromatic carbocycles. The molecule has 1 aromatic rings. The van der Waals surface area contributed by atoms with E-state index in [1.165, 1.54) is 0 Å². The monoisotopic (exact) mass is 212 g/mol. The van der Waals surface area contributed by atoms with E-state index in [1.807, 2.05) is 6.92 Å². The topological polar surface area (TPSA) is 74.5 Å². The van der Waals surface area contributed by atoms with E-state index in [2.05, 4.69) is 10.6 Å². The van der Waals surface area contributed by atoms with Gasteiger partial charge in [-0.1, -0.05) is 0 Å². The summed E-state index contributed by atoms with van der Waals surface area (Å²) in [7, 11) is 0. The van der Waals surface area contributed by atoms with Crippen LogP contribution in [-0.2, 0) is 6.54 Å². The smallest absolute Gasteiger partial charge is 0.315 e. The molecule has 0 aliphatic carbocycles. The van der Waals surface area contributed by atoms with E-state index in [4.69, 9.17) is 9.52 Å². The van der Waals surface area contributed by atoms with Crippen LogP contribution in [-0.4, -0.2) is 23.8 Å². The zero-order valence-electron chi connectivity index (χ0n) is 8.69. The molecule has 5 heteroatoms. The highest BCUT2D eigenvalue weighted by molar-refractivity contribution is 5.74. The van der Waals surface area contributed by atoms with E-state index in [-0.39, 0.29) is 18.7 Å². The van der Waals surface area contributed by atoms with Crippen molar-refractivity contribution in [2.75, 3.05) is 6.61 Å². The standard InChI is InChI=1S/C10H16N2O3/c1-8(4-5-13)12-10(14)11-7-9-3-2-6-15-9/h2-3,6,8,13H,4-5,7H2,1H3,(H2,11,12,14)/t8-/m1/s1. The second kappa shape index (κ2) is 6.08. The summed E-state index contributed by atoms with van der Waals surface area (Å²) in [4.78, 5) is 11.3. The van der Waals surface area contributed by atoms with Crippen molar-refractivity contribution in [1.82, 2.24) is 10.6 Å². The Bertz CT molecular complexity index is 285. The van der Waals surface area contributed by atoms with Crippen molar-refractivity contribution < 1.29 is 14.3 Å². The van der Waals surface area contributed by atoms with Crippen molar-refractivity contribution in [1.29, 1.82) is 0 Å². The molecule has 1 rings (SSSR count). The number of rotatable bonds is 5. The minimum Gasteiger partial charge on any atom is -0.467 e. The molecule has 1 aromatic heterocycles. The molecule has 0 aliphatic rings. The number of carbonyl (C=O) groups excluding carboxylic acids is 1. The van der Waals surface area contributed by atoms with E-state index in [9.17, 15) is 4.79 Å². The lowest BCUT2D eigenvalue weighted by atomic mass is 10.2. The van der Waals surface area contributed by atoms with Gasteiger partial charge in [0.05, 0.1) is 12.8 Å². The second-order valence-electron chi connectivity index (χ2n) is 3.32. The van der Waals surface area contributed by atoms with Gasteiger partial charge in [0.25, 0.3) is 0 Å². The molecule has 15 heavy (non-hydrogen) atoms. The van der Waals surface area contributed by atoms with Crippen LogP contribution in [0.25, 0.3) is 0 Å². The molecule has 1 heterocycles. The minimum absolute atomic E-state index is 0.0356. The van der Waals surface area contributed by atoms with Gasteiger partial charge in [-0.2, -0.15) is 0 Å². The number of urea groups is 1. The molecule has 0 saturated heterocycles. The van der Waals surface area contributed by atoms with Crippen molar-refractivity contribution in [3.05, 3.63) is 24.2 Å². The number of hydrogen-bond acceptors (Lipinski definition) is 3. The Morgan fingerprint density at radius 1 is 1.67 bits per heavy atom. The first-order chi connectivity index (χ1) is 7.22. The van der Waals surface area contributed by atoms with Gasteiger partial charge in [-0.25, -0.2) is 4.79 Å². The molecule has 1 atom stereocenters. The first-order valence-electron chi connectivity index (χ1n) is 4.90. The quantitative estimate of drug-likeness (QED) is 0.677. The van der Waals surface area contributed by atoms with Gasteiger partial charge in [0.1, 0.15) is 5.76 Å². The summed E-state index contributed by atoms with van der Waals surface area (Å²) < 4.78 is 5.05. The van der Waals surface area contributed by atoms with Gasteiger partial charge in [-0.15, -0.1) is 0 Å². The third-order valence-corrected chi connectivity index (χ3v) is 1.94. The third kappa shape index (κ3) is 4.51. The van der Waals surface area contributed by atoms with E-state index in [0.717, 1.165) is 0 Å². The Morgan fingerprint density at radius 3 is 3.07 bits per heavy atom. The predicted octanol–water partition coefficient (Wildman–Crippen LogP) is 0.850. The van der Waals surface area contributed by atoms with Crippen LogP contribution in [0.4, 0.5) is 4.79 Å². The lowest BCUT2D eigenvalue weighted by Crippen LogP contribution is -2.40. The van der Waals surface area contributed by atoms with Crippen LogP contribution in [0.1, 0.15) is 19.1 Å². The molecule has 2 amide bonds. The normalized spacial score (nSPS) is 12.1. The summed E-state index contributed by atoms with van der Waals surface area (Å²) in [6.07, 6.45) is 2.11. The summed E-state index contributed by atoms with van der Waals surface area (Å²) in [6, 6.07) is 3.26. The number of furan rings is 1. The largest absolute Gasteiger partial charge is 0.467 e. The highest BCUT2D eigenvalue weighted by Crippen LogP contribution is 1.98. The van der Waals surface area contributed by atoms with Crippen molar-refractivity contribution >= 4 is 6.03 Å². The fourth-order valence-corrected chi connectivity index (χ4v) is 1.12. The van der Waals surface area contributed by atoms with E-state index < -0.39 is 0 Å². The van der Waals surface area contributed by atoms with Crippen LogP contribution in [0.3, 0.4) is 0 Å². The van der Waals surface area contributed by atoms with Gasteiger partial charge >= 0.3 is 6.03 Å². The third-order valence-electron chi connectivity index (χ3n) is 1.94. The molecule has 0 spiro atoms. The van der Waals surface area contributed by atoms with Crippen molar-refractivity contribution in [2.24, 2.45) is 0 Å². The van der Waals surface area contributed by atoms with Crippen LogP contribution >= 0.6 is 0 Å². The van der Waals surface area contributed by atoms with Crippen LogP contribution in [0, 0.1) is 0 Å². The lowest BCUT2D eigenvalue weighted by molar-refractivity contribution is 0.230. The van der Waals surface area contributed by atoms with E-state index >= 15 is 0 Å². The Labute approximate surface area is 88.5 Å². The van der Waals surface area contributed by atoms with Crippen LogP contribution < -0.4 is 10.6 Å². The molecule has 0 saturated carbocycles. The maximum absolute atomic E-state index is 11.3. The number of amides is 2. The highest BCUT2D eigenvalue weighted by Gasteiger charge is 2.06. The number of aliphatic hydroxyl groups is 1. The maximum atomic E-state index is 11.3.